The van der Waals surface area contributed by atoms with Crippen molar-refractivity contribution in [3.05, 3.63) is 47.3 Å². The van der Waals surface area contributed by atoms with E-state index in [-0.39, 0.29) is 21.1 Å². The molecule has 1 aliphatic carbocycles. The summed E-state index contributed by atoms with van der Waals surface area (Å²) in [6, 6.07) is 11.6. The molecule has 1 aromatic heterocycles. The Kier molecular flexibility index (Phi) is 4.82. The summed E-state index contributed by atoms with van der Waals surface area (Å²) in [5.41, 5.74) is 0. The number of sulfone groups is 1. The lowest BCUT2D eigenvalue weighted by Gasteiger charge is -2.22. The molecule has 1 heterocycles. The van der Waals surface area contributed by atoms with Gasteiger partial charge in [-0.25, -0.2) is 8.42 Å². The average Bonchev–Trinajstić information content (AvgIpc) is 3.07. The highest BCUT2D eigenvalue weighted by Crippen LogP contribution is 2.28. The van der Waals surface area contributed by atoms with E-state index in [0.717, 1.165) is 37.0 Å². The average molecular weight is 349 g/mol. The van der Waals surface area contributed by atoms with Crippen LogP contribution in [0.4, 0.5) is 0 Å². The molecule has 1 saturated carbocycles. The third kappa shape index (κ3) is 3.64. The SMILES string of the molecule is O=C(NC1CCCCC1)c1ccc(S(=O)(=O)c2ccccc2)s1. The van der Waals surface area contributed by atoms with Crippen LogP contribution >= 0.6 is 11.3 Å². The van der Waals surface area contributed by atoms with Crippen molar-refractivity contribution in [3.8, 4) is 0 Å². The lowest BCUT2D eigenvalue weighted by atomic mass is 9.95. The van der Waals surface area contributed by atoms with Crippen molar-refractivity contribution in [3.63, 3.8) is 0 Å². The standard InChI is InChI=1S/C17H19NO3S2/c19-17(18-13-7-3-1-4-8-13)15-11-12-16(22-15)23(20,21)14-9-5-2-6-10-14/h2,5-6,9-13H,1,3-4,7-8H2,(H,18,19). The van der Waals surface area contributed by atoms with Crippen molar-refractivity contribution < 1.29 is 13.2 Å². The predicted octanol–water partition coefficient (Wildman–Crippen LogP) is 3.64. The topological polar surface area (TPSA) is 63.2 Å². The van der Waals surface area contributed by atoms with Gasteiger partial charge in [-0.3, -0.25) is 4.79 Å². The highest BCUT2D eigenvalue weighted by molar-refractivity contribution is 7.93. The molecule has 4 nitrogen and oxygen atoms in total. The van der Waals surface area contributed by atoms with Gasteiger partial charge in [0.25, 0.3) is 5.91 Å². The van der Waals surface area contributed by atoms with Gasteiger partial charge in [0.15, 0.2) is 0 Å². The Morgan fingerprint density at radius 2 is 1.70 bits per heavy atom. The molecular formula is C17H19NO3S2. The number of carbonyl (C=O) groups is 1. The minimum Gasteiger partial charge on any atom is -0.349 e. The van der Waals surface area contributed by atoms with Crippen molar-refractivity contribution in [1.29, 1.82) is 0 Å². The van der Waals surface area contributed by atoms with Crippen LogP contribution in [0.15, 0.2) is 51.6 Å². The second kappa shape index (κ2) is 6.84. The van der Waals surface area contributed by atoms with Crippen molar-refractivity contribution in [1.82, 2.24) is 5.32 Å². The lowest BCUT2D eigenvalue weighted by molar-refractivity contribution is 0.0932. The molecule has 0 bridgehead atoms. The van der Waals surface area contributed by atoms with Crippen LogP contribution in [-0.2, 0) is 9.84 Å². The van der Waals surface area contributed by atoms with Gasteiger partial charge in [0.05, 0.1) is 9.77 Å². The zero-order valence-electron chi connectivity index (χ0n) is 12.7. The van der Waals surface area contributed by atoms with Crippen LogP contribution < -0.4 is 5.32 Å². The summed E-state index contributed by atoms with van der Waals surface area (Å²) < 4.78 is 25.3. The van der Waals surface area contributed by atoms with E-state index in [4.69, 9.17) is 0 Å². The first-order valence-corrected chi connectivity index (χ1v) is 10.1. The number of carbonyl (C=O) groups excluding carboxylic acids is 1. The lowest BCUT2D eigenvalue weighted by Crippen LogP contribution is -2.35. The first-order valence-electron chi connectivity index (χ1n) is 7.78. The Bertz CT molecular complexity index is 775. The maximum Gasteiger partial charge on any atom is 0.261 e. The molecular weight excluding hydrogens is 330 g/mol. The van der Waals surface area contributed by atoms with Crippen molar-refractivity contribution in [2.24, 2.45) is 0 Å². The highest BCUT2D eigenvalue weighted by Gasteiger charge is 2.23. The number of hydrogen-bond acceptors (Lipinski definition) is 4. The van der Waals surface area contributed by atoms with E-state index < -0.39 is 9.84 Å². The molecule has 1 amide bonds. The fourth-order valence-electron chi connectivity index (χ4n) is 2.81. The summed E-state index contributed by atoms with van der Waals surface area (Å²) in [5, 5.41) is 3.02. The molecule has 3 rings (SSSR count). The number of amides is 1. The first-order chi connectivity index (χ1) is 11.1. The second-order valence-corrected chi connectivity index (χ2v) is 9.00. The summed E-state index contributed by atoms with van der Waals surface area (Å²) in [6.07, 6.45) is 5.52. The van der Waals surface area contributed by atoms with Gasteiger partial charge >= 0.3 is 0 Å². The minimum atomic E-state index is -3.55. The van der Waals surface area contributed by atoms with Crippen molar-refractivity contribution in [2.45, 2.75) is 47.3 Å². The molecule has 0 atom stereocenters. The Labute approximate surface area is 140 Å². The fourth-order valence-corrected chi connectivity index (χ4v) is 5.44. The summed E-state index contributed by atoms with van der Waals surface area (Å²) in [4.78, 5) is 13.0. The van der Waals surface area contributed by atoms with Crippen LogP contribution in [0.3, 0.4) is 0 Å². The molecule has 0 radical (unpaired) electrons. The van der Waals surface area contributed by atoms with Gasteiger partial charge in [0, 0.05) is 6.04 Å². The Morgan fingerprint density at radius 1 is 1.00 bits per heavy atom. The maximum atomic E-state index is 12.5. The normalized spacial score (nSPS) is 16.2. The van der Waals surface area contributed by atoms with E-state index in [1.807, 2.05) is 0 Å². The van der Waals surface area contributed by atoms with E-state index in [1.165, 1.54) is 12.5 Å². The third-order valence-electron chi connectivity index (χ3n) is 4.06. The van der Waals surface area contributed by atoms with Gasteiger partial charge in [0.2, 0.25) is 9.84 Å². The van der Waals surface area contributed by atoms with E-state index in [9.17, 15) is 13.2 Å². The van der Waals surface area contributed by atoms with Crippen LogP contribution in [0.1, 0.15) is 41.8 Å². The van der Waals surface area contributed by atoms with E-state index in [0.29, 0.717) is 4.88 Å². The number of thiophene rings is 1. The summed E-state index contributed by atoms with van der Waals surface area (Å²) >= 11 is 1.03. The monoisotopic (exact) mass is 349 g/mol. The van der Waals surface area contributed by atoms with Crippen molar-refractivity contribution >= 4 is 27.1 Å². The molecule has 0 aliphatic heterocycles. The molecule has 2 aromatic rings. The molecule has 0 saturated heterocycles. The van der Waals surface area contributed by atoms with Gasteiger partial charge in [0.1, 0.15) is 4.21 Å². The Balaban J connectivity index is 1.76. The van der Waals surface area contributed by atoms with Crippen LogP contribution in [0.2, 0.25) is 0 Å². The summed E-state index contributed by atoms with van der Waals surface area (Å²) in [6.45, 7) is 0. The molecule has 1 aliphatic rings. The molecule has 1 aromatic carbocycles. The largest absolute Gasteiger partial charge is 0.349 e. The van der Waals surface area contributed by atoms with Gasteiger partial charge < -0.3 is 5.32 Å². The summed E-state index contributed by atoms with van der Waals surface area (Å²) in [7, 11) is -3.55. The molecule has 122 valence electrons. The van der Waals surface area contributed by atoms with E-state index in [2.05, 4.69) is 5.32 Å². The van der Waals surface area contributed by atoms with Gasteiger partial charge in [-0.2, -0.15) is 0 Å². The van der Waals surface area contributed by atoms with Crippen LogP contribution in [0.5, 0.6) is 0 Å². The van der Waals surface area contributed by atoms with Crippen LogP contribution in [0.25, 0.3) is 0 Å². The number of benzene rings is 1. The Morgan fingerprint density at radius 3 is 2.39 bits per heavy atom. The zero-order valence-corrected chi connectivity index (χ0v) is 14.3. The quantitative estimate of drug-likeness (QED) is 0.916. The van der Waals surface area contributed by atoms with Crippen LogP contribution in [-0.4, -0.2) is 20.4 Å². The van der Waals surface area contributed by atoms with Crippen molar-refractivity contribution in [2.75, 3.05) is 0 Å². The molecule has 1 N–H and O–H groups in total. The number of nitrogens with one attached hydrogen (secondary N) is 1. The highest BCUT2D eigenvalue weighted by atomic mass is 32.2. The fraction of sp³-hybridized carbons (Fsp3) is 0.353. The number of rotatable bonds is 4. The van der Waals surface area contributed by atoms with E-state index >= 15 is 0 Å². The number of hydrogen-bond donors (Lipinski definition) is 1. The van der Waals surface area contributed by atoms with E-state index in [1.54, 1.807) is 36.4 Å². The van der Waals surface area contributed by atoms with Gasteiger partial charge in [-0.1, -0.05) is 37.5 Å². The minimum absolute atomic E-state index is 0.170. The van der Waals surface area contributed by atoms with Gasteiger partial charge in [-0.15, -0.1) is 11.3 Å². The van der Waals surface area contributed by atoms with Crippen LogP contribution in [0, 0.1) is 0 Å². The molecule has 23 heavy (non-hydrogen) atoms. The maximum absolute atomic E-state index is 12.5. The molecule has 0 spiro atoms. The summed E-state index contributed by atoms with van der Waals surface area (Å²) in [5.74, 6) is -0.170. The molecule has 0 unspecified atom stereocenters. The first kappa shape index (κ1) is 16.2. The Hall–Kier alpha value is -1.66. The molecule has 6 heteroatoms. The molecule has 1 fully saturated rings. The van der Waals surface area contributed by atoms with Gasteiger partial charge in [-0.05, 0) is 37.1 Å². The third-order valence-corrected chi connectivity index (χ3v) is 7.41. The second-order valence-electron chi connectivity index (χ2n) is 5.74. The smallest absolute Gasteiger partial charge is 0.261 e. The zero-order chi connectivity index (χ0) is 16.3. The predicted molar refractivity (Wildman–Crippen MR) is 90.6 cm³/mol.